The first kappa shape index (κ1) is 48.6. The number of allylic oxidation sites excluding steroid dienone is 2. The molecule has 1 aliphatic heterocycles. The van der Waals surface area contributed by atoms with Crippen molar-refractivity contribution >= 4 is 22.8 Å². The van der Waals surface area contributed by atoms with Crippen LogP contribution in [0.5, 0.6) is 0 Å². The summed E-state index contributed by atoms with van der Waals surface area (Å²) in [6, 6.07) is 13.8. The molecule has 290 valence electrons. The van der Waals surface area contributed by atoms with E-state index in [1.54, 1.807) is 0 Å². The molecule has 0 atom stereocenters. The maximum Gasteiger partial charge on any atom is 2.00 e. The summed E-state index contributed by atoms with van der Waals surface area (Å²) in [5.41, 5.74) is 22.5. The third-order valence-corrected chi connectivity index (χ3v) is 9.55. The molecule has 0 fully saturated rings. The molecule has 1 heterocycles. The van der Waals surface area contributed by atoms with Crippen LogP contribution in [-0.2, 0) is 29.3 Å². The molecule has 0 unspecified atom stereocenters. The van der Waals surface area contributed by atoms with Gasteiger partial charge in [-0.15, -0.1) is 0 Å². The van der Waals surface area contributed by atoms with Crippen LogP contribution >= 0.6 is 0 Å². The Hall–Kier alpha value is -2.39. The Morgan fingerprint density at radius 2 is 0.980 bits per heavy atom. The second-order valence-corrected chi connectivity index (χ2v) is 14.0. The molecule has 2 aromatic rings. The van der Waals surface area contributed by atoms with E-state index in [0.717, 1.165) is 74.1 Å². The fourth-order valence-corrected chi connectivity index (χ4v) is 5.84. The third kappa shape index (κ3) is 17.3. The van der Waals surface area contributed by atoms with Crippen LogP contribution in [0.1, 0.15) is 167 Å². The smallest absolute Gasteiger partial charge is 0.493 e. The Bertz CT molecular complexity index is 1290. The summed E-state index contributed by atoms with van der Waals surface area (Å²) in [6.07, 6.45) is 22.2. The van der Waals surface area contributed by atoms with E-state index in [1.165, 1.54) is 103 Å². The summed E-state index contributed by atoms with van der Waals surface area (Å²) < 4.78 is 1.51. The molecule has 51 heavy (non-hydrogen) atoms. The molecule has 0 radical (unpaired) electrons. The molecule has 0 saturated carbocycles. The molecule has 0 N–H and O–H groups in total. The molecule has 0 amide bonds. The maximum atomic E-state index is 12.0. The van der Waals surface area contributed by atoms with Gasteiger partial charge in [0.05, 0.1) is 0 Å². The molecule has 3 rings (SSSR count). The average molecular weight is 744 g/mol. The van der Waals surface area contributed by atoms with Gasteiger partial charge in [-0.3, -0.25) is 0 Å². The molecule has 0 saturated heterocycles. The Kier molecular flexibility index (Phi) is 27.7. The summed E-state index contributed by atoms with van der Waals surface area (Å²) >= 11 is 0. The van der Waals surface area contributed by atoms with Crippen molar-refractivity contribution in [2.75, 3.05) is 37.0 Å². The van der Waals surface area contributed by atoms with Crippen LogP contribution in [0.3, 0.4) is 0 Å². The van der Waals surface area contributed by atoms with E-state index in [1.807, 2.05) is 0 Å². The van der Waals surface area contributed by atoms with Crippen molar-refractivity contribution in [1.82, 2.24) is 0 Å². The Morgan fingerprint density at radius 3 is 1.43 bits per heavy atom. The van der Waals surface area contributed by atoms with Crippen molar-refractivity contribution in [2.45, 2.75) is 158 Å². The molecule has 0 aromatic heterocycles. The van der Waals surface area contributed by atoms with Crippen LogP contribution in [0.2, 0.25) is 0 Å². The minimum Gasteiger partial charge on any atom is -0.493 e. The SMILES string of the molecule is CCCCCCCCC1=C(c2cc(CCCC)cc(N(C)CC)c2)[N+](=[N-])C(c2cc(CCCC)cc(N(C)CC)c2)=C1.[CH2-]CCC.[CH2-]CCC.[Ni+2]. The van der Waals surface area contributed by atoms with E-state index >= 15 is 0 Å². The number of rotatable bonds is 21. The summed E-state index contributed by atoms with van der Waals surface area (Å²) in [7, 11) is 4.32. The van der Waals surface area contributed by atoms with Crippen molar-refractivity contribution < 1.29 is 21.2 Å². The third-order valence-electron chi connectivity index (χ3n) is 9.55. The number of hydrogen-bond donors (Lipinski definition) is 0. The number of nitrogens with zero attached hydrogens (tertiary/aromatic N) is 4. The van der Waals surface area contributed by atoms with Gasteiger partial charge in [-0.25, -0.2) is 4.70 Å². The van der Waals surface area contributed by atoms with E-state index < -0.39 is 0 Å². The van der Waals surface area contributed by atoms with Crippen molar-refractivity contribution in [3.05, 3.63) is 89.7 Å². The van der Waals surface area contributed by atoms with Gasteiger partial charge in [0.1, 0.15) is 0 Å². The van der Waals surface area contributed by atoms with E-state index in [0.29, 0.717) is 0 Å². The number of anilines is 2. The van der Waals surface area contributed by atoms with Gasteiger partial charge < -0.3 is 29.2 Å². The van der Waals surface area contributed by atoms with E-state index in [4.69, 9.17) is 0 Å². The monoisotopic (exact) mass is 743 g/mol. The van der Waals surface area contributed by atoms with Gasteiger partial charge in [-0.1, -0.05) is 92.4 Å². The Balaban J connectivity index is 0.00000251. The molecule has 0 bridgehead atoms. The maximum absolute atomic E-state index is 12.0. The van der Waals surface area contributed by atoms with Gasteiger partial charge in [-0.05, 0) is 99.9 Å². The molecule has 1 aliphatic rings. The second kappa shape index (κ2) is 29.1. The standard InChI is InChI=1S/C38H58N4.2C4H9.Ni/c1-8-13-16-17-18-19-22-32-29-37(33-23-30(20-14-9-2)25-35(27-33)40(6)11-4)42(39)38(32)34-24-31(21-15-10-3)26-36(28-34)41(7)12-5;2*1-3-4-2;/h23-29H,8-22H2,1-7H3;2*1,3-4H2,2H3;/q;2*-1;+2. The van der Waals surface area contributed by atoms with Gasteiger partial charge in [0.2, 0.25) is 11.4 Å². The predicted molar refractivity (Wildman–Crippen MR) is 225 cm³/mol. The van der Waals surface area contributed by atoms with Crippen LogP contribution in [0.15, 0.2) is 48.0 Å². The molecular formula is C46H76N4Ni. The van der Waals surface area contributed by atoms with Crippen LogP contribution in [-0.4, -0.2) is 31.9 Å². The first-order chi connectivity index (χ1) is 24.2. The predicted octanol–water partition coefficient (Wildman–Crippen LogP) is 14.1. The minimum absolute atomic E-state index is 0. The second-order valence-electron chi connectivity index (χ2n) is 14.0. The summed E-state index contributed by atoms with van der Waals surface area (Å²) in [5, 5.41) is 0. The summed E-state index contributed by atoms with van der Waals surface area (Å²) in [5.74, 6) is 0. The quantitative estimate of drug-likeness (QED) is 0.0552. The molecule has 2 aromatic carbocycles. The van der Waals surface area contributed by atoms with E-state index in [2.05, 4.69) is 129 Å². The van der Waals surface area contributed by atoms with Crippen LogP contribution in [0.4, 0.5) is 11.4 Å². The largest absolute Gasteiger partial charge is 2.00 e. The zero-order chi connectivity index (χ0) is 37.3. The number of benzene rings is 2. The normalized spacial score (nSPS) is 12.1. The van der Waals surface area contributed by atoms with Gasteiger partial charge in [0.25, 0.3) is 0 Å². The molecule has 0 spiro atoms. The van der Waals surface area contributed by atoms with Crippen molar-refractivity contribution in [3.63, 3.8) is 0 Å². The zero-order valence-corrected chi connectivity index (χ0v) is 35.5. The van der Waals surface area contributed by atoms with Crippen molar-refractivity contribution in [2.24, 2.45) is 0 Å². The summed E-state index contributed by atoms with van der Waals surface area (Å²) in [6.45, 7) is 24.5. The summed E-state index contributed by atoms with van der Waals surface area (Å²) in [4.78, 5) is 4.60. The number of unbranched alkanes of at least 4 members (excludes halogenated alkanes) is 9. The minimum atomic E-state index is 0. The van der Waals surface area contributed by atoms with Crippen molar-refractivity contribution in [3.8, 4) is 0 Å². The molecule has 5 heteroatoms. The van der Waals surface area contributed by atoms with Crippen LogP contribution in [0.25, 0.3) is 16.9 Å². The molecule has 4 nitrogen and oxygen atoms in total. The zero-order valence-electron chi connectivity index (χ0n) is 34.5. The number of aryl methyl sites for hydroxylation is 2. The Labute approximate surface area is 327 Å². The Morgan fingerprint density at radius 1 is 0.549 bits per heavy atom. The fourth-order valence-electron chi connectivity index (χ4n) is 5.84. The first-order valence-electron chi connectivity index (χ1n) is 20.4. The van der Waals surface area contributed by atoms with Gasteiger partial charge >= 0.3 is 16.5 Å². The topological polar surface area (TPSA) is 31.8 Å². The van der Waals surface area contributed by atoms with Gasteiger partial charge in [0, 0.05) is 61.3 Å². The fraction of sp³-hybridized carbons (Fsp3) is 0.609. The molecular weight excluding hydrogens is 667 g/mol. The van der Waals surface area contributed by atoms with Crippen molar-refractivity contribution in [1.29, 1.82) is 0 Å². The van der Waals surface area contributed by atoms with Crippen LogP contribution < -0.4 is 9.80 Å². The van der Waals surface area contributed by atoms with Crippen LogP contribution in [0, 0.1) is 13.8 Å². The van der Waals surface area contributed by atoms with E-state index in [9.17, 15) is 5.53 Å². The van der Waals surface area contributed by atoms with E-state index in [-0.39, 0.29) is 16.5 Å². The van der Waals surface area contributed by atoms with Gasteiger partial charge in [-0.2, -0.15) is 12.8 Å². The number of hydrogen-bond acceptors (Lipinski definition) is 2. The average Bonchev–Trinajstić information content (AvgIpc) is 3.48. The first-order valence-corrected chi connectivity index (χ1v) is 20.4. The van der Waals surface area contributed by atoms with Gasteiger partial charge in [0.15, 0.2) is 0 Å². The molecule has 0 aliphatic carbocycles.